The molecule has 0 unspecified atom stereocenters. The molecule has 1 aromatic carbocycles. The molecule has 3 atom stereocenters. The van der Waals surface area contributed by atoms with Gasteiger partial charge in [-0.2, -0.15) is 0 Å². The third-order valence-corrected chi connectivity index (χ3v) is 4.10. The predicted molar refractivity (Wildman–Crippen MR) is 80.2 cm³/mol. The van der Waals surface area contributed by atoms with Crippen LogP contribution in [0.4, 0.5) is 0 Å². The number of piperidine rings is 1. The molecular formula is C16H24N2O. The molecule has 1 aliphatic heterocycles. The van der Waals surface area contributed by atoms with Crippen LogP contribution in [0.1, 0.15) is 25.8 Å². The summed E-state index contributed by atoms with van der Waals surface area (Å²) < 4.78 is 5.16. The van der Waals surface area contributed by atoms with E-state index in [0.29, 0.717) is 18.0 Å². The Labute approximate surface area is 116 Å². The fourth-order valence-corrected chi connectivity index (χ4v) is 2.60. The standard InChI is InChI=1S/C16H24N2O/c1-12-11-18(3)13(2)9-16(12)17-10-14-5-7-15(19-4)8-6-14/h5-8,10,12-13,16H,9,11H2,1-4H3/t12-,13+,16-/m1/s1. The lowest BCUT2D eigenvalue weighted by molar-refractivity contribution is 0.139. The molecule has 0 amide bonds. The normalized spacial score (nSPS) is 28.7. The van der Waals surface area contributed by atoms with Crippen molar-refractivity contribution in [3.05, 3.63) is 29.8 Å². The molecule has 0 N–H and O–H groups in total. The maximum atomic E-state index is 5.16. The van der Waals surface area contributed by atoms with E-state index in [-0.39, 0.29) is 0 Å². The number of nitrogens with zero attached hydrogens (tertiary/aromatic N) is 2. The van der Waals surface area contributed by atoms with E-state index in [2.05, 4.69) is 25.8 Å². The fourth-order valence-electron chi connectivity index (χ4n) is 2.60. The van der Waals surface area contributed by atoms with Crippen molar-refractivity contribution in [2.75, 3.05) is 20.7 Å². The summed E-state index contributed by atoms with van der Waals surface area (Å²) in [5.41, 5.74) is 1.14. The molecule has 19 heavy (non-hydrogen) atoms. The first-order valence-electron chi connectivity index (χ1n) is 6.97. The van der Waals surface area contributed by atoms with Gasteiger partial charge in [-0.15, -0.1) is 0 Å². The molecule has 1 heterocycles. The number of methoxy groups -OCH3 is 1. The van der Waals surface area contributed by atoms with Gasteiger partial charge in [-0.1, -0.05) is 6.92 Å². The van der Waals surface area contributed by atoms with Crippen LogP contribution in [0.15, 0.2) is 29.3 Å². The van der Waals surface area contributed by atoms with Crippen molar-refractivity contribution in [3.8, 4) is 5.75 Å². The van der Waals surface area contributed by atoms with E-state index < -0.39 is 0 Å². The zero-order valence-electron chi connectivity index (χ0n) is 12.3. The lowest BCUT2D eigenvalue weighted by Crippen LogP contribution is -2.44. The quantitative estimate of drug-likeness (QED) is 0.781. The monoisotopic (exact) mass is 260 g/mol. The molecule has 0 spiro atoms. The maximum absolute atomic E-state index is 5.16. The Hall–Kier alpha value is -1.35. The van der Waals surface area contributed by atoms with Crippen LogP contribution in [0.5, 0.6) is 5.75 Å². The van der Waals surface area contributed by atoms with Crippen LogP contribution in [-0.2, 0) is 0 Å². The molecule has 0 radical (unpaired) electrons. The Balaban J connectivity index is 2.00. The second kappa shape index (κ2) is 6.20. The summed E-state index contributed by atoms with van der Waals surface area (Å²) in [5.74, 6) is 1.51. The highest BCUT2D eigenvalue weighted by molar-refractivity contribution is 5.79. The predicted octanol–water partition coefficient (Wildman–Crippen LogP) is 2.84. The summed E-state index contributed by atoms with van der Waals surface area (Å²) in [7, 11) is 3.88. The van der Waals surface area contributed by atoms with Gasteiger partial charge in [0.1, 0.15) is 5.75 Å². The average Bonchev–Trinajstić information content (AvgIpc) is 2.42. The first kappa shape index (κ1) is 14.1. The molecule has 3 nitrogen and oxygen atoms in total. The van der Waals surface area contributed by atoms with Crippen LogP contribution in [-0.4, -0.2) is 43.9 Å². The Bertz CT molecular complexity index is 427. The topological polar surface area (TPSA) is 24.8 Å². The highest BCUT2D eigenvalue weighted by Crippen LogP contribution is 2.23. The van der Waals surface area contributed by atoms with Crippen molar-refractivity contribution in [1.29, 1.82) is 0 Å². The van der Waals surface area contributed by atoms with Crippen molar-refractivity contribution in [2.45, 2.75) is 32.4 Å². The minimum absolute atomic E-state index is 0.438. The molecule has 1 aliphatic rings. The van der Waals surface area contributed by atoms with Gasteiger partial charge in [-0.25, -0.2) is 0 Å². The molecule has 1 aromatic rings. The van der Waals surface area contributed by atoms with E-state index >= 15 is 0 Å². The number of hydrogen-bond acceptors (Lipinski definition) is 3. The van der Waals surface area contributed by atoms with Crippen LogP contribution in [0.3, 0.4) is 0 Å². The second-order valence-corrected chi connectivity index (χ2v) is 5.62. The molecule has 1 saturated heterocycles. The number of rotatable bonds is 3. The summed E-state index contributed by atoms with van der Waals surface area (Å²) in [6.07, 6.45) is 3.14. The zero-order chi connectivity index (χ0) is 13.8. The lowest BCUT2D eigenvalue weighted by Gasteiger charge is -2.37. The van der Waals surface area contributed by atoms with Crippen LogP contribution in [0.2, 0.25) is 0 Å². The Morgan fingerprint density at radius 1 is 1.26 bits per heavy atom. The van der Waals surface area contributed by atoms with E-state index in [1.54, 1.807) is 7.11 Å². The number of likely N-dealkylation sites (tertiary alicyclic amines) is 1. The van der Waals surface area contributed by atoms with Crippen molar-refractivity contribution in [2.24, 2.45) is 10.9 Å². The van der Waals surface area contributed by atoms with E-state index in [9.17, 15) is 0 Å². The molecule has 0 saturated carbocycles. The van der Waals surface area contributed by atoms with Crippen LogP contribution < -0.4 is 4.74 Å². The highest BCUT2D eigenvalue weighted by atomic mass is 16.5. The molecule has 1 fully saturated rings. The van der Waals surface area contributed by atoms with Gasteiger partial charge in [0, 0.05) is 18.8 Å². The minimum atomic E-state index is 0.438. The second-order valence-electron chi connectivity index (χ2n) is 5.62. The largest absolute Gasteiger partial charge is 0.497 e. The third kappa shape index (κ3) is 3.57. The first-order valence-corrected chi connectivity index (χ1v) is 6.97. The van der Waals surface area contributed by atoms with Crippen molar-refractivity contribution < 1.29 is 4.74 Å². The molecule has 2 rings (SSSR count). The average molecular weight is 260 g/mol. The van der Waals surface area contributed by atoms with Crippen molar-refractivity contribution >= 4 is 6.21 Å². The Morgan fingerprint density at radius 3 is 2.58 bits per heavy atom. The number of ether oxygens (including phenoxy) is 1. The molecule has 104 valence electrons. The first-order chi connectivity index (χ1) is 9.10. The summed E-state index contributed by atoms with van der Waals surface area (Å²) >= 11 is 0. The van der Waals surface area contributed by atoms with Crippen LogP contribution >= 0.6 is 0 Å². The van der Waals surface area contributed by atoms with Gasteiger partial charge in [0.2, 0.25) is 0 Å². The molecular weight excluding hydrogens is 236 g/mol. The van der Waals surface area contributed by atoms with E-state index in [1.807, 2.05) is 30.5 Å². The highest BCUT2D eigenvalue weighted by Gasteiger charge is 2.27. The Kier molecular flexibility index (Phi) is 4.59. The fraction of sp³-hybridized carbons (Fsp3) is 0.562. The summed E-state index contributed by atoms with van der Waals surface area (Å²) in [5, 5.41) is 0. The van der Waals surface area contributed by atoms with Gasteiger partial charge in [0.15, 0.2) is 0 Å². The van der Waals surface area contributed by atoms with Crippen LogP contribution in [0.25, 0.3) is 0 Å². The molecule has 0 bridgehead atoms. The van der Waals surface area contributed by atoms with Gasteiger partial charge in [-0.3, -0.25) is 4.99 Å². The smallest absolute Gasteiger partial charge is 0.118 e. The summed E-state index contributed by atoms with van der Waals surface area (Å²) in [6, 6.07) is 9.10. The van der Waals surface area contributed by atoms with Crippen LogP contribution in [0, 0.1) is 5.92 Å². The van der Waals surface area contributed by atoms with Gasteiger partial charge >= 0.3 is 0 Å². The lowest BCUT2D eigenvalue weighted by atomic mass is 9.90. The molecule has 3 heteroatoms. The zero-order valence-corrected chi connectivity index (χ0v) is 12.3. The van der Waals surface area contributed by atoms with E-state index in [0.717, 1.165) is 24.3 Å². The van der Waals surface area contributed by atoms with Gasteiger partial charge in [-0.05, 0) is 56.1 Å². The number of benzene rings is 1. The van der Waals surface area contributed by atoms with E-state index in [1.165, 1.54) is 0 Å². The van der Waals surface area contributed by atoms with E-state index in [4.69, 9.17) is 9.73 Å². The minimum Gasteiger partial charge on any atom is -0.497 e. The molecule has 0 aromatic heterocycles. The summed E-state index contributed by atoms with van der Waals surface area (Å²) in [4.78, 5) is 7.20. The summed E-state index contributed by atoms with van der Waals surface area (Å²) in [6.45, 7) is 5.70. The SMILES string of the molecule is COc1ccc(C=N[C@@H]2C[C@H](C)N(C)C[C@H]2C)cc1. The maximum Gasteiger partial charge on any atom is 0.118 e. The van der Waals surface area contributed by atoms with Crippen molar-refractivity contribution in [3.63, 3.8) is 0 Å². The van der Waals surface area contributed by atoms with Gasteiger partial charge in [0.25, 0.3) is 0 Å². The Morgan fingerprint density at radius 2 is 1.95 bits per heavy atom. The number of aliphatic imine (C=N–C) groups is 1. The van der Waals surface area contributed by atoms with Gasteiger partial charge < -0.3 is 9.64 Å². The van der Waals surface area contributed by atoms with Gasteiger partial charge in [0.05, 0.1) is 13.2 Å². The third-order valence-electron chi connectivity index (χ3n) is 4.10. The molecule has 0 aliphatic carbocycles. The van der Waals surface area contributed by atoms with Crippen molar-refractivity contribution in [1.82, 2.24) is 4.90 Å². The number of hydrogen-bond donors (Lipinski definition) is 0.